The average Bonchev–Trinajstić information content (AvgIpc) is 2.61. The monoisotopic (exact) mass is 311 g/mol. The molecule has 0 spiro atoms. The van der Waals surface area contributed by atoms with Crippen molar-refractivity contribution in [3.8, 4) is 0 Å². The normalized spacial score (nSPS) is 15.6. The molecule has 0 atom stereocenters. The van der Waals surface area contributed by atoms with Crippen molar-refractivity contribution in [3.63, 3.8) is 0 Å². The zero-order chi connectivity index (χ0) is 15.9. The van der Waals surface area contributed by atoms with Gasteiger partial charge in [-0.05, 0) is 37.2 Å². The highest BCUT2D eigenvalue weighted by molar-refractivity contribution is 5.40. The lowest BCUT2D eigenvalue weighted by Crippen LogP contribution is -2.33. The molecular weight excluding hydrogens is 286 g/mol. The van der Waals surface area contributed by atoms with E-state index in [1.807, 2.05) is 6.07 Å². The Hall–Kier alpha value is -2.17. The van der Waals surface area contributed by atoms with Crippen molar-refractivity contribution < 1.29 is 0 Å². The van der Waals surface area contributed by atoms with Crippen LogP contribution in [0.5, 0.6) is 0 Å². The third kappa shape index (κ3) is 4.65. The molecule has 1 fully saturated rings. The summed E-state index contributed by atoms with van der Waals surface area (Å²) < 4.78 is 0. The van der Waals surface area contributed by atoms with Gasteiger partial charge in [-0.1, -0.05) is 37.3 Å². The Morgan fingerprint density at radius 1 is 1.17 bits per heavy atom. The van der Waals surface area contributed by atoms with Gasteiger partial charge in [0, 0.05) is 19.6 Å². The van der Waals surface area contributed by atoms with Gasteiger partial charge in [0.05, 0.1) is 6.20 Å². The molecule has 0 unspecified atom stereocenters. The number of nitrogens with zero attached hydrogens (tertiary/aromatic N) is 4. The van der Waals surface area contributed by atoms with Crippen LogP contribution in [0.2, 0.25) is 0 Å². The van der Waals surface area contributed by atoms with Gasteiger partial charge in [0.15, 0.2) is 5.82 Å². The molecule has 3 rings (SSSR count). The first-order valence-corrected chi connectivity index (χ1v) is 8.54. The van der Waals surface area contributed by atoms with Gasteiger partial charge >= 0.3 is 0 Å². The first-order chi connectivity index (χ1) is 11.3. The molecule has 2 heterocycles. The summed E-state index contributed by atoms with van der Waals surface area (Å²) in [6.07, 6.45) is 6.34. The topological polar surface area (TPSA) is 53.9 Å². The maximum Gasteiger partial charge on any atom is 0.244 e. The van der Waals surface area contributed by atoms with E-state index in [0.29, 0.717) is 5.95 Å². The first kappa shape index (κ1) is 15.7. The maximum atomic E-state index is 4.61. The fraction of sp³-hybridized carbons (Fsp3) is 0.500. The van der Waals surface area contributed by atoms with Crippen LogP contribution in [0.1, 0.15) is 31.7 Å². The molecule has 0 bridgehead atoms. The van der Waals surface area contributed by atoms with Crippen LogP contribution >= 0.6 is 0 Å². The van der Waals surface area contributed by atoms with Crippen LogP contribution in [0.4, 0.5) is 11.8 Å². The van der Waals surface area contributed by atoms with E-state index in [1.165, 1.54) is 18.4 Å². The molecule has 1 aliphatic rings. The minimum atomic E-state index is 0.634. The minimum Gasteiger partial charge on any atom is -0.355 e. The largest absolute Gasteiger partial charge is 0.355 e. The number of aromatic nitrogens is 3. The van der Waals surface area contributed by atoms with E-state index in [2.05, 4.69) is 56.6 Å². The van der Waals surface area contributed by atoms with Gasteiger partial charge in [-0.2, -0.15) is 10.1 Å². The number of benzene rings is 1. The number of hydrogen-bond donors (Lipinski definition) is 1. The summed E-state index contributed by atoms with van der Waals surface area (Å²) in [7, 11) is 0. The Bertz CT molecular complexity index is 593. The zero-order valence-electron chi connectivity index (χ0n) is 13.8. The lowest BCUT2D eigenvalue weighted by molar-refractivity contribution is 0.436. The van der Waals surface area contributed by atoms with Gasteiger partial charge in [-0.3, -0.25) is 0 Å². The number of aryl methyl sites for hydroxylation is 1. The smallest absolute Gasteiger partial charge is 0.244 e. The number of piperidine rings is 1. The summed E-state index contributed by atoms with van der Waals surface area (Å²) in [6.45, 7) is 5.30. The molecule has 1 aromatic heterocycles. The maximum absolute atomic E-state index is 4.61. The van der Waals surface area contributed by atoms with Crippen molar-refractivity contribution in [3.05, 3.63) is 42.1 Å². The van der Waals surface area contributed by atoms with Gasteiger partial charge in [-0.15, -0.1) is 5.10 Å². The van der Waals surface area contributed by atoms with Crippen LogP contribution in [0.3, 0.4) is 0 Å². The second-order valence-corrected chi connectivity index (χ2v) is 6.32. The SMILES string of the molecule is CC1CCN(c2cnnc(NCCCc3ccccc3)n2)CC1. The van der Waals surface area contributed by atoms with Crippen LogP contribution in [-0.4, -0.2) is 34.8 Å². The van der Waals surface area contributed by atoms with Gasteiger partial charge in [0.1, 0.15) is 0 Å². The highest BCUT2D eigenvalue weighted by Gasteiger charge is 2.17. The van der Waals surface area contributed by atoms with Gasteiger partial charge in [-0.25, -0.2) is 0 Å². The van der Waals surface area contributed by atoms with Crippen molar-refractivity contribution in [2.45, 2.75) is 32.6 Å². The Morgan fingerprint density at radius 3 is 2.74 bits per heavy atom. The molecule has 5 nitrogen and oxygen atoms in total. The number of nitrogens with one attached hydrogen (secondary N) is 1. The van der Waals surface area contributed by atoms with E-state index >= 15 is 0 Å². The highest BCUT2D eigenvalue weighted by Crippen LogP contribution is 2.21. The molecule has 1 aliphatic heterocycles. The van der Waals surface area contributed by atoms with Crippen molar-refractivity contribution in [1.29, 1.82) is 0 Å². The van der Waals surface area contributed by atoms with Crippen molar-refractivity contribution >= 4 is 11.8 Å². The molecule has 122 valence electrons. The van der Waals surface area contributed by atoms with Gasteiger partial charge in [0.25, 0.3) is 0 Å². The van der Waals surface area contributed by atoms with Crippen LogP contribution < -0.4 is 10.2 Å². The summed E-state index contributed by atoms with van der Waals surface area (Å²) in [5.74, 6) is 2.39. The average molecular weight is 311 g/mol. The third-order valence-corrected chi connectivity index (χ3v) is 4.42. The van der Waals surface area contributed by atoms with E-state index in [9.17, 15) is 0 Å². The summed E-state index contributed by atoms with van der Waals surface area (Å²) in [6, 6.07) is 10.5. The molecule has 0 radical (unpaired) electrons. The lowest BCUT2D eigenvalue weighted by Gasteiger charge is -2.30. The second-order valence-electron chi connectivity index (χ2n) is 6.32. The fourth-order valence-electron chi connectivity index (χ4n) is 2.90. The van der Waals surface area contributed by atoms with E-state index in [4.69, 9.17) is 0 Å². The summed E-state index contributed by atoms with van der Waals surface area (Å²) in [5.41, 5.74) is 1.37. The number of rotatable bonds is 6. The van der Waals surface area contributed by atoms with Crippen molar-refractivity contribution in [2.24, 2.45) is 5.92 Å². The predicted octanol–water partition coefficient (Wildman–Crippen LogP) is 3.15. The summed E-state index contributed by atoms with van der Waals surface area (Å²) in [5, 5.41) is 11.5. The molecule has 1 aromatic carbocycles. The molecule has 5 heteroatoms. The first-order valence-electron chi connectivity index (χ1n) is 8.54. The van der Waals surface area contributed by atoms with Crippen LogP contribution in [0.25, 0.3) is 0 Å². The van der Waals surface area contributed by atoms with Gasteiger partial charge < -0.3 is 10.2 Å². The van der Waals surface area contributed by atoms with Crippen molar-refractivity contribution in [1.82, 2.24) is 15.2 Å². The molecule has 1 N–H and O–H groups in total. The predicted molar refractivity (Wildman–Crippen MR) is 93.7 cm³/mol. The Balaban J connectivity index is 1.48. The molecule has 1 saturated heterocycles. The van der Waals surface area contributed by atoms with Crippen LogP contribution in [-0.2, 0) is 6.42 Å². The van der Waals surface area contributed by atoms with Crippen molar-refractivity contribution in [2.75, 3.05) is 29.9 Å². The molecule has 0 saturated carbocycles. The minimum absolute atomic E-state index is 0.634. The second kappa shape index (κ2) is 7.90. The van der Waals surface area contributed by atoms with E-state index in [-0.39, 0.29) is 0 Å². The van der Waals surface area contributed by atoms with Crippen LogP contribution in [0.15, 0.2) is 36.5 Å². The molecule has 0 aliphatic carbocycles. The molecule has 2 aromatic rings. The molecule has 23 heavy (non-hydrogen) atoms. The van der Waals surface area contributed by atoms with Crippen LogP contribution in [0, 0.1) is 5.92 Å². The lowest BCUT2D eigenvalue weighted by atomic mass is 9.99. The Kier molecular flexibility index (Phi) is 5.40. The Morgan fingerprint density at radius 2 is 1.96 bits per heavy atom. The summed E-state index contributed by atoms with van der Waals surface area (Å²) >= 11 is 0. The summed E-state index contributed by atoms with van der Waals surface area (Å²) in [4.78, 5) is 6.92. The Labute approximate surface area is 138 Å². The zero-order valence-corrected chi connectivity index (χ0v) is 13.8. The van der Waals surface area contributed by atoms with E-state index in [1.54, 1.807) is 6.20 Å². The van der Waals surface area contributed by atoms with E-state index in [0.717, 1.165) is 44.2 Å². The number of hydrogen-bond acceptors (Lipinski definition) is 5. The number of anilines is 2. The standard InChI is InChI=1S/C18H25N5/c1-15-9-12-23(13-10-15)17-14-20-22-18(21-17)19-11-5-8-16-6-3-2-4-7-16/h2-4,6-7,14-15H,5,8-13H2,1H3,(H,19,21,22). The molecule has 0 amide bonds. The van der Waals surface area contributed by atoms with E-state index < -0.39 is 0 Å². The third-order valence-electron chi connectivity index (χ3n) is 4.42. The quantitative estimate of drug-likeness (QED) is 0.831. The highest BCUT2D eigenvalue weighted by atomic mass is 15.3. The fourth-order valence-corrected chi connectivity index (χ4v) is 2.90. The van der Waals surface area contributed by atoms with Gasteiger partial charge in [0.2, 0.25) is 5.95 Å². The molecular formula is C18H25N5.